The first kappa shape index (κ1) is 24.3. The third kappa shape index (κ3) is 4.60. The van der Waals surface area contributed by atoms with Crippen molar-refractivity contribution < 1.29 is 9.53 Å². The summed E-state index contributed by atoms with van der Waals surface area (Å²) >= 11 is 0. The van der Waals surface area contributed by atoms with Gasteiger partial charge in [0.2, 0.25) is 11.9 Å². The zero-order valence-electron chi connectivity index (χ0n) is 21.8. The molecule has 2 aromatic carbocycles. The van der Waals surface area contributed by atoms with Gasteiger partial charge >= 0.3 is 0 Å². The molecule has 1 fully saturated rings. The van der Waals surface area contributed by atoms with Crippen LogP contribution in [0.2, 0.25) is 0 Å². The summed E-state index contributed by atoms with van der Waals surface area (Å²) in [5, 5.41) is 20.3. The second-order valence-electron chi connectivity index (χ2n) is 9.40. The monoisotopic (exact) mass is 524 g/mol. The second-order valence-corrected chi connectivity index (χ2v) is 9.40. The fraction of sp³-hybridized carbons (Fsp3) is 0.259. The van der Waals surface area contributed by atoms with Crippen molar-refractivity contribution in [2.75, 3.05) is 36.4 Å². The number of aromatic nitrogens is 7. The number of carbonyl (C=O) groups is 1. The number of piperazine rings is 1. The van der Waals surface area contributed by atoms with E-state index in [0.29, 0.717) is 49.9 Å². The van der Waals surface area contributed by atoms with Crippen molar-refractivity contribution >= 4 is 39.5 Å². The quantitative estimate of drug-likeness (QED) is 0.308. The fourth-order valence-corrected chi connectivity index (χ4v) is 4.75. The van der Waals surface area contributed by atoms with Crippen molar-refractivity contribution in [2.45, 2.75) is 13.5 Å². The van der Waals surface area contributed by atoms with E-state index in [2.05, 4.69) is 37.2 Å². The molecule has 0 radical (unpaired) electrons. The minimum atomic E-state index is -0.0623. The molecule has 1 aliphatic rings. The Bertz CT molecular complexity index is 1680. The van der Waals surface area contributed by atoms with E-state index < -0.39 is 0 Å². The number of H-pyrrole nitrogens is 1. The van der Waals surface area contributed by atoms with Gasteiger partial charge in [-0.15, -0.1) is 10.2 Å². The van der Waals surface area contributed by atoms with E-state index in [4.69, 9.17) is 14.7 Å². The molecule has 4 heterocycles. The average molecular weight is 525 g/mol. The lowest BCUT2D eigenvalue weighted by Gasteiger charge is -2.35. The number of fused-ring (bicyclic) bond motifs is 2. The number of rotatable bonds is 7. The highest BCUT2D eigenvalue weighted by atomic mass is 16.5. The molecule has 0 atom stereocenters. The summed E-state index contributed by atoms with van der Waals surface area (Å²) in [6.45, 7) is 8.44. The SMILES string of the molecule is C=CC(=O)N1CCN(c2nc(NCc3nncn3C)nc3c(Oc4c(C)ccc5[nH]ncc45)cccc23)CC1. The average Bonchev–Trinajstić information content (AvgIpc) is 3.61. The Morgan fingerprint density at radius 3 is 2.77 bits per heavy atom. The molecular formula is C27H28N10O2. The maximum atomic E-state index is 12.1. The Kier molecular flexibility index (Phi) is 6.27. The minimum absolute atomic E-state index is 0.0623. The maximum absolute atomic E-state index is 12.1. The number of benzene rings is 2. The molecule has 39 heavy (non-hydrogen) atoms. The predicted octanol–water partition coefficient (Wildman–Crippen LogP) is 3.18. The van der Waals surface area contributed by atoms with Crippen LogP contribution in [0.15, 0.2) is 55.5 Å². The molecule has 198 valence electrons. The number of carbonyl (C=O) groups excluding carboxylic acids is 1. The van der Waals surface area contributed by atoms with Gasteiger partial charge in [-0.1, -0.05) is 18.7 Å². The Morgan fingerprint density at radius 1 is 1.15 bits per heavy atom. The molecule has 1 aliphatic heterocycles. The van der Waals surface area contributed by atoms with Crippen molar-refractivity contribution in [2.24, 2.45) is 7.05 Å². The number of nitrogens with one attached hydrogen (secondary N) is 2. The molecule has 3 aromatic heterocycles. The van der Waals surface area contributed by atoms with Gasteiger partial charge in [0.25, 0.3) is 0 Å². The number of nitrogens with zero attached hydrogens (tertiary/aromatic N) is 8. The molecule has 12 nitrogen and oxygen atoms in total. The first-order valence-electron chi connectivity index (χ1n) is 12.7. The summed E-state index contributed by atoms with van der Waals surface area (Å²) in [6.07, 6.45) is 4.77. The Labute approximate surface area is 224 Å². The number of hydrogen-bond acceptors (Lipinski definition) is 9. The zero-order valence-corrected chi connectivity index (χ0v) is 21.8. The molecule has 0 spiro atoms. The van der Waals surface area contributed by atoms with Crippen LogP contribution in [-0.2, 0) is 18.4 Å². The summed E-state index contributed by atoms with van der Waals surface area (Å²) in [4.78, 5) is 25.9. The molecular weight excluding hydrogens is 496 g/mol. The number of aryl methyl sites for hydroxylation is 2. The van der Waals surface area contributed by atoms with E-state index in [0.717, 1.165) is 39.2 Å². The van der Waals surface area contributed by atoms with Gasteiger partial charge in [0.15, 0.2) is 11.6 Å². The molecule has 12 heteroatoms. The van der Waals surface area contributed by atoms with Gasteiger partial charge < -0.3 is 24.4 Å². The van der Waals surface area contributed by atoms with E-state index in [9.17, 15) is 4.79 Å². The summed E-state index contributed by atoms with van der Waals surface area (Å²) in [5.41, 5.74) is 2.55. The smallest absolute Gasteiger partial charge is 0.246 e. The van der Waals surface area contributed by atoms with Crippen LogP contribution in [0.4, 0.5) is 11.8 Å². The van der Waals surface area contributed by atoms with E-state index in [1.54, 1.807) is 17.4 Å². The van der Waals surface area contributed by atoms with Crippen molar-refractivity contribution in [3.8, 4) is 11.5 Å². The summed E-state index contributed by atoms with van der Waals surface area (Å²) in [5.74, 6) is 3.24. The maximum Gasteiger partial charge on any atom is 0.246 e. The summed E-state index contributed by atoms with van der Waals surface area (Å²) in [7, 11) is 1.89. The Balaban J connectivity index is 1.41. The number of hydrogen-bond donors (Lipinski definition) is 2. The minimum Gasteiger partial charge on any atom is -0.454 e. The first-order valence-corrected chi connectivity index (χ1v) is 12.7. The third-order valence-corrected chi connectivity index (χ3v) is 6.93. The molecule has 0 unspecified atom stereocenters. The van der Waals surface area contributed by atoms with Gasteiger partial charge in [-0.05, 0) is 36.8 Å². The highest BCUT2D eigenvalue weighted by molar-refractivity contribution is 5.95. The van der Waals surface area contributed by atoms with E-state index in [-0.39, 0.29) is 5.91 Å². The first-order chi connectivity index (χ1) is 19.0. The van der Waals surface area contributed by atoms with Gasteiger partial charge in [-0.2, -0.15) is 10.1 Å². The fourth-order valence-electron chi connectivity index (χ4n) is 4.75. The molecule has 6 rings (SSSR count). The van der Waals surface area contributed by atoms with Crippen LogP contribution in [-0.4, -0.2) is 71.9 Å². The molecule has 0 bridgehead atoms. The Morgan fingerprint density at radius 2 is 2.00 bits per heavy atom. The van der Waals surface area contributed by atoms with Crippen LogP contribution in [0.1, 0.15) is 11.4 Å². The number of amides is 1. The Hall–Kier alpha value is -5.00. The van der Waals surface area contributed by atoms with Gasteiger partial charge in [0.05, 0.1) is 23.6 Å². The van der Waals surface area contributed by atoms with Crippen LogP contribution in [0, 0.1) is 6.92 Å². The van der Waals surface area contributed by atoms with Crippen molar-refractivity contribution in [1.29, 1.82) is 0 Å². The van der Waals surface area contributed by atoms with Crippen LogP contribution in [0.25, 0.3) is 21.8 Å². The summed E-state index contributed by atoms with van der Waals surface area (Å²) < 4.78 is 8.38. The van der Waals surface area contributed by atoms with E-state index in [1.165, 1.54) is 6.08 Å². The van der Waals surface area contributed by atoms with Crippen LogP contribution >= 0.6 is 0 Å². The highest BCUT2D eigenvalue weighted by Gasteiger charge is 2.24. The van der Waals surface area contributed by atoms with Gasteiger partial charge in [0, 0.05) is 38.6 Å². The topological polar surface area (TPSA) is 130 Å². The normalized spacial score (nSPS) is 13.7. The van der Waals surface area contributed by atoms with E-state index in [1.807, 2.05) is 48.9 Å². The van der Waals surface area contributed by atoms with Gasteiger partial charge in [-0.25, -0.2) is 4.98 Å². The molecule has 5 aromatic rings. The molecule has 1 saturated heterocycles. The van der Waals surface area contributed by atoms with Crippen molar-refractivity contribution in [3.05, 3.63) is 66.9 Å². The number of anilines is 2. The van der Waals surface area contributed by atoms with E-state index >= 15 is 0 Å². The van der Waals surface area contributed by atoms with Crippen molar-refractivity contribution in [1.82, 2.24) is 39.8 Å². The number of aromatic amines is 1. The molecule has 0 saturated carbocycles. The largest absolute Gasteiger partial charge is 0.454 e. The third-order valence-electron chi connectivity index (χ3n) is 6.93. The predicted molar refractivity (Wildman–Crippen MR) is 148 cm³/mol. The van der Waals surface area contributed by atoms with Gasteiger partial charge in [-0.3, -0.25) is 9.89 Å². The van der Waals surface area contributed by atoms with Crippen LogP contribution in [0.5, 0.6) is 11.5 Å². The van der Waals surface area contributed by atoms with Crippen LogP contribution < -0.4 is 15.0 Å². The molecule has 0 aliphatic carbocycles. The molecule has 1 amide bonds. The van der Waals surface area contributed by atoms with Crippen LogP contribution in [0.3, 0.4) is 0 Å². The lowest BCUT2D eigenvalue weighted by atomic mass is 10.1. The summed E-state index contributed by atoms with van der Waals surface area (Å²) in [6, 6.07) is 9.83. The zero-order chi connectivity index (χ0) is 26.9. The van der Waals surface area contributed by atoms with Crippen molar-refractivity contribution in [3.63, 3.8) is 0 Å². The standard InChI is InChI=1S/C27H28N10O2/c1-4-23(38)36-10-12-37(13-11-36)26-18-6-5-7-21(39-25-17(2)8-9-20-19(25)14-29-33-20)24(18)31-27(32-26)28-15-22-34-30-16-35(22)3/h4-9,14,16H,1,10-13,15H2,2-3H3,(H,29,33)(H,28,31,32). The lowest BCUT2D eigenvalue weighted by Crippen LogP contribution is -2.48. The number of ether oxygens (including phenoxy) is 1. The molecule has 2 N–H and O–H groups in total. The second kappa shape index (κ2) is 10.0. The van der Waals surface area contributed by atoms with Gasteiger partial charge in [0.1, 0.15) is 23.4 Å². The number of para-hydroxylation sites is 1. The lowest BCUT2D eigenvalue weighted by molar-refractivity contribution is -0.126. The highest BCUT2D eigenvalue weighted by Crippen LogP contribution is 2.37.